The Kier molecular flexibility index (Phi) is 4.66. The van der Waals surface area contributed by atoms with Crippen molar-refractivity contribution in [1.82, 2.24) is 19.5 Å². The Morgan fingerprint density at radius 2 is 2.07 bits per heavy atom. The summed E-state index contributed by atoms with van der Waals surface area (Å²) < 4.78 is 14.1. The van der Waals surface area contributed by atoms with Gasteiger partial charge in [-0.3, -0.25) is 4.98 Å². The molecule has 5 rings (SSSR count). The number of anilines is 1. The summed E-state index contributed by atoms with van der Waals surface area (Å²) in [7, 11) is 0. The third kappa shape index (κ3) is 3.46. The van der Waals surface area contributed by atoms with E-state index >= 15 is 0 Å². The van der Waals surface area contributed by atoms with Crippen LogP contribution in [0.4, 0.5) is 5.82 Å². The molecule has 1 aliphatic heterocycles. The van der Waals surface area contributed by atoms with Gasteiger partial charge in [0, 0.05) is 23.8 Å². The van der Waals surface area contributed by atoms with E-state index in [1.807, 2.05) is 29.0 Å². The molecule has 2 atom stereocenters. The lowest BCUT2D eigenvalue weighted by atomic mass is 10.2. The smallest absolute Gasteiger partial charge is 0.147 e. The Labute approximate surface area is 176 Å². The van der Waals surface area contributed by atoms with Gasteiger partial charge < -0.3 is 19.8 Å². The second-order valence-electron chi connectivity index (χ2n) is 6.95. The Morgan fingerprint density at radius 1 is 1.17 bits per heavy atom. The fraction of sp³-hybridized carbons (Fsp3) is 0.250. The van der Waals surface area contributed by atoms with Gasteiger partial charge in [0.25, 0.3) is 0 Å². The minimum atomic E-state index is -0.119. The van der Waals surface area contributed by atoms with E-state index in [1.54, 1.807) is 12.3 Å². The molecular formula is C20H17Cl2N5O2. The Bertz CT molecular complexity index is 1210. The lowest BCUT2D eigenvalue weighted by molar-refractivity contribution is -0.0155. The van der Waals surface area contributed by atoms with Gasteiger partial charge >= 0.3 is 0 Å². The van der Waals surface area contributed by atoms with Crippen molar-refractivity contribution in [2.45, 2.75) is 25.2 Å². The van der Waals surface area contributed by atoms with E-state index < -0.39 is 0 Å². The summed E-state index contributed by atoms with van der Waals surface area (Å²) in [6.07, 6.45) is 6.54. The quantitative estimate of drug-likeness (QED) is 0.508. The molecule has 3 aromatic heterocycles. The molecule has 1 aliphatic rings. The van der Waals surface area contributed by atoms with E-state index in [2.05, 4.69) is 15.0 Å². The van der Waals surface area contributed by atoms with Gasteiger partial charge in [0.05, 0.1) is 27.1 Å². The van der Waals surface area contributed by atoms with Gasteiger partial charge in [0.15, 0.2) is 0 Å². The number of pyridine rings is 1. The van der Waals surface area contributed by atoms with Crippen LogP contribution >= 0.6 is 23.2 Å². The van der Waals surface area contributed by atoms with Crippen molar-refractivity contribution in [2.75, 3.05) is 12.3 Å². The Morgan fingerprint density at radius 3 is 2.97 bits per heavy atom. The lowest BCUT2D eigenvalue weighted by Crippen LogP contribution is -2.18. The van der Waals surface area contributed by atoms with Gasteiger partial charge in [-0.1, -0.05) is 23.2 Å². The molecule has 2 N–H and O–H groups in total. The summed E-state index contributed by atoms with van der Waals surface area (Å²) >= 11 is 12.4. The molecule has 4 aromatic rings. The van der Waals surface area contributed by atoms with Crippen LogP contribution in [-0.2, 0) is 4.74 Å². The number of nitrogen functional groups attached to an aromatic ring is 1. The molecular weight excluding hydrogens is 413 g/mol. The monoisotopic (exact) mass is 429 g/mol. The molecule has 4 heterocycles. The van der Waals surface area contributed by atoms with E-state index in [-0.39, 0.29) is 12.3 Å². The normalized spacial score (nSPS) is 19.2. The summed E-state index contributed by atoms with van der Waals surface area (Å²) in [4.78, 5) is 12.7. The highest BCUT2D eigenvalue weighted by atomic mass is 35.5. The molecule has 1 saturated heterocycles. The van der Waals surface area contributed by atoms with Gasteiger partial charge in [-0.25, -0.2) is 9.97 Å². The van der Waals surface area contributed by atoms with E-state index in [4.69, 9.17) is 38.4 Å². The van der Waals surface area contributed by atoms with Crippen LogP contribution in [0.25, 0.3) is 21.9 Å². The van der Waals surface area contributed by atoms with Crippen LogP contribution in [0, 0.1) is 0 Å². The number of halogens is 2. The molecule has 1 aromatic carbocycles. The van der Waals surface area contributed by atoms with Gasteiger partial charge in [-0.05, 0) is 31.0 Å². The highest BCUT2D eigenvalue weighted by Gasteiger charge is 2.28. The van der Waals surface area contributed by atoms with Crippen molar-refractivity contribution in [3.8, 4) is 5.75 Å². The largest absolute Gasteiger partial charge is 0.489 e. The summed E-state index contributed by atoms with van der Waals surface area (Å²) in [5.41, 5.74) is 7.46. The third-order valence-corrected chi connectivity index (χ3v) is 5.56. The predicted octanol–water partition coefficient (Wildman–Crippen LogP) is 4.63. The Hall–Kier alpha value is -2.61. The summed E-state index contributed by atoms with van der Waals surface area (Å²) in [5, 5.41) is 2.77. The van der Waals surface area contributed by atoms with Crippen molar-refractivity contribution in [2.24, 2.45) is 0 Å². The number of benzene rings is 1. The minimum Gasteiger partial charge on any atom is -0.489 e. The van der Waals surface area contributed by atoms with Gasteiger partial charge in [-0.15, -0.1) is 0 Å². The highest BCUT2D eigenvalue weighted by molar-refractivity contribution is 6.33. The first-order valence-electron chi connectivity index (χ1n) is 9.18. The van der Waals surface area contributed by atoms with E-state index in [0.717, 1.165) is 34.8 Å². The average Bonchev–Trinajstić information content (AvgIpc) is 3.34. The van der Waals surface area contributed by atoms with Crippen molar-refractivity contribution >= 4 is 51.0 Å². The molecule has 1 fully saturated rings. The van der Waals surface area contributed by atoms with Crippen LogP contribution in [0.15, 0.2) is 43.0 Å². The molecule has 0 saturated carbocycles. The maximum atomic E-state index is 6.36. The van der Waals surface area contributed by atoms with Gasteiger partial charge in [0.2, 0.25) is 0 Å². The van der Waals surface area contributed by atoms with Crippen LogP contribution in [-0.4, -0.2) is 32.2 Å². The molecule has 148 valence electrons. The number of hydrogen-bond donors (Lipinski definition) is 1. The molecule has 0 amide bonds. The number of nitrogens with two attached hydrogens (primary N) is 1. The number of hydrogen-bond acceptors (Lipinski definition) is 6. The number of fused-ring (bicyclic) bond motifs is 2. The maximum absolute atomic E-state index is 6.36. The summed E-state index contributed by atoms with van der Waals surface area (Å²) in [5.74, 6) is 1.04. The molecule has 0 spiro atoms. The number of ether oxygens (including phenoxy) is 2. The van der Waals surface area contributed by atoms with E-state index in [0.29, 0.717) is 28.2 Å². The third-order valence-electron chi connectivity index (χ3n) is 5.06. The molecule has 9 heteroatoms. The van der Waals surface area contributed by atoms with Gasteiger partial charge in [-0.2, -0.15) is 0 Å². The first-order valence-corrected chi connectivity index (χ1v) is 9.94. The topological polar surface area (TPSA) is 88.1 Å². The predicted molar refractivity (Wildman–Crippen MR) is 112 cm³/mol. The van der Waals surface area contributed by atoms with Crippen LogP contribution in [0.2, 0.25) is 10.0 Å². The zero-order valence-corrected chi connectivity index (χ0v) is 16.8. The fourth-order valence-corrected chi connectivity index (χ4v) is 4.03. The second-order valence-corrected chi connectivity index (χ2v) is 7.79. The summed E-state index contributed by atoms with van der Waals surface area (Å²) in [6.45, 7) is 0.394. The van der Waals surface area contributed by atoms with E-state index in [9.17, 15) is 0 Å². The van der Waals surface area contributed by atoms with E-state index in [1.165, 1.54) is 6.33 Å². The minimum absolute atomic E-state index is 0.0541. The molecule has 0 radical (unpaired) electrons. The summed E-state index contributed by atoms with van der Waals surface area (Å²) in [6, 6.07) is 7.35. The van der Waals surface area contributed by atoms with Crippen molar-refractivity contribution in [3.05, 3.63) is 53.0 Å². The number of rotatable bonds is 4. The zero-order valence-electron chi connectivity index (χ0n) is 15.3. The second kappa shape index (κ2) is 7.33. The van der Waals surface area contributed by atoms with Crippen LogP contribution < -0.4 is 10.5 Å². The average molecular weight is 430 g/mol. The van der Waals surface area contributed by atoms with Gasteiger partial charge in [0.1, 0.15) is 36.4 Å². The van der Waals surface area contributed by atoms with Crippen LogP contribution in [0.5, 0.6) is 5.75 Å². The first-order chi connectivity index (χ1) is 14.1. The fourth-order valence-electron chi connectivity index (χ4n) is 3.63. The molecule has 0 aliphatic carbocycles. The standard InChI is InChI=1S/C20H17Cl2N5O2/c21-12-5-11-6-15(22)17(7-16(11)24-8-12)28-9-13-1-2-18(29-13)27-4-3-14-19(23)25-10-26-20(14)27/h3-8,10,13,18H,1-2,9H2,(H2,23,25,26). The molecule has 29 heavy (non-hydrogen) atoms. The zero-order chi connectivity index (χ0) is 20.0. The SMILES string of the molecule is Nc1ncnc2c1ccn2C1CCC(COc2cc3ncc(Cl)cc3cc2Cl)O1. The molecule has 0 bridgehead atoms. The van der Waals surface area contributed by atoms with Crippen molar-refractivity contribution in [1.29, 1.82) is 0 Å². The highest BCUT2D eigenvalue weighted by Crippen LogP contribution is 2.34. The number of nitrogens with zero attached hydrogens (tertiary/aromatic N) is 4. The first kappa shape index (κ1) is 18.4. The van der Waals surface area contributed by atoms with Crippen molar-refractivity contribution < 1.29 is 9.47 Å². The van der Waals surface area contributed by atoms with Crippen LogP contribution in [0.3, 0.4) is 0 Å². The lowest BCUT2D eigenvalue weighted by Gasteiger charge is -2.17. The molecule has 7 nitrogen and oxygen atoms in total. The number of aromatic nitrogens is 4. The molecule has 2 unspecified atom stereocenters. The Balaban J connectivity index is 1.29. The van der Waals surface area contributed by atoms with Crippen molar-refractivity contribution in [3.63, 3.8) is 0 Å². The maximum Gasteiger partial charge on any atom is 0.147 e. The van der Waals surface area contributed by atoms with Crippen LogP contribution in [0.1, 0.15) is 19.1 Å².